The number of carbonyl (C=O) groups is 1. The number of pyridine rings is 3. The highest BCUT2D eigenvalue weighted by molar-refractivity contribution is 5.97. The Kier molecular flexibility index (Phi) is 8.07. The minimum absolute atomic E-state index is 0.130. The van der Waals surface area contributed by atoms with Gasteiger partial charge in [-0.2, -0.15) is 5.10 Å². The number of halogens is 1. The lowest BCUT2D eigenvalue weighted by Crippen LogP contribution is -2.20. The van der Waals surface area contributed by atoms with Crippen LogP contribution in [0.5, 0.6) is 0 Å². The fourth-order valence-corrected chi connectivity index (χ4v) is 5.42. The molecule has 0 bridgehead atoms. The second-order valence-corrected chi connectivity index (χ2v) is 11.5. The zero-order chi connectivity index (χ0) is 32.3. The molecule has 0 aliphatic carbocycles. The molecule has 0 atom stereocenters. The van der Waals surface area contributed by atoms with E-state index in [2.05, 4.69) is 45.7 Å². The Morgan fingerprint density at radius 1 is 0.894 bits per heavy atom. The van der Waals surface area contributed by atoms with Gasteiger partial charge in [-0.05, 0) is 55.6 Å². The van der Waals surface area contributed by atoms with Gasteiger partial charge in [0.15, 0.2) is 11.5 Å². The number of H-pyrrole nitrogens is 2. The molecular formula is C35H31FN10O. The van der Waals surface area contributed by atoms with Crippen LogP contribution >= 0.6 is 0 Å². The molecule has 0 saturated heterocycles. The number of hydrogen-bond donors (Lipinski definition) is 4. The van der Waals surface area contributed by atoms with Gasteiger partial charge in [0.2, 0.25) is 5.91 Å². The normalized spacial score (nSPS) is 11.4. The molecular weight excluding hydrogens is 595 g/mol. The summed E-state index contributed by atoms with van der Waals surface area (Å²) < 4.78 is 14.7. The van der Waals surface area contributed by atoms with E-state index < -0.39 is 0 Å². The van der Waals surface area contributed by atoms with Crippen molar-refractivity contribution < 1.29 is 9.18 Å². The number of imidazole rings is 1. The van der Waals surface area contributed by atoms with Crippen LogP contribution in [0.2, 0.25) is 0 Å². The first-order valence-electron chi connectivity index (χ1n) is 15.1. The van der Waals surface area contributed by atoms with E-state index in [9.17, 15) is 9.18 Å². The van der Waals surface area contributed by atoms with Crippen LogP contribution in [0, 0.1) is 5.82 Å². The molecule has 0 radical (unpaired) electrons. The summed E-state index contributed by atoms with van der Waals surface area (Å²) in [7, 11) is 3.98. The maximum absolute atomic E-state index is 14.7. The molecule has 2 aromatic carbocycles. The van der Waals surface area contributed by atoms with E-state index in [4.69, 9.17) is 4.98 Å². The molecule has 5 heterocycles. The third-order valence-electron chi connectivity index (χ3n) is 7.70. The summed E-state index contributed by atoms with van der Waals surface area (Å²) in [6.45, 7) is 1.49. The third kappa shape index (κ3) is 6.53. The van der Waals surface area contributed by atoms with Crippen LogP contribution in [0.4, 0.5) is 15.8 Å². The van der Waals surface area contributed by atoms with Gasteiger partial charge in [0.25, 0.3) is 0 Å². The van der Waals surface area contributed by atoms with Gasteiger partial charge in [0.05, 0.1) is 40.9 Å². The number of fused-ring (bicyclic) bond motifs is 2. The molecule has 11 nitrogen and oxygen atoms in total. The number of rotatable bonds is 10. The van der Waals surface area contributed by atoms with Crippen LogP contribution in [0.15, 0.2) is 91.6 Å². The van der Waals surface area contributed by atoms with Crippen molar-refractivity contribution in [3.8, 4) is 33.8 Å². The Labute approximate surface area is 269 Å². The topological polar surface area (TPSA) is 140 Å². The van der Waals surface area contributed by atoms with Crippen LogP contribution < -0.4 is 10.6 Å². The highest BCUT2D eigenvalue weighted by Gasteiger charge is 2.17. The summed E-state index contributed by atoms with van der Waals surface area (Å²) in [5.41, 5.74) is 7.62. The summed E-state index contributed by atoms with van der Waals surface area (Å²) in [5.74, 6) is 0.0567. The average molecular weight is 627 g/mol. The smallest absolute Gasteiger partial charge is 0.228 e. The molecule has 5 aromatic heterocycles. The third-order valence-corrected chi connectivity index (χ3v) is 7.70. The van der Waals surface area contributed by atoms with Crippen LogP contribution in [-0.2, 0) is 11.2 Å². The van der Waals surface area contributed by atoms with Crippen molar-refractivity contribution in [2.75, 3.05) is 37.8 Å². The number of amides is 1. The number of likely N-dealkylation sites (N-methyl/N-ethyl adjacent to an activating group) is 1. The number of carbonyl (C=O) groups excluding carboxylic acids is 1. The molecule has 234 valence electrons. The minimum Gasteiger partial charge on any atom is -0.384 e. The largest absolute Gasteiger partial charge is 0.384 e. The molecule has 4 N–H and O–H groups in total. The first-order valence-corrected chi connectivity index (χ1v) is 15.1. The minimum atomic E-state index is -0.352. The molecule has 7 rings (SSSR count). The molecule has 0 aliphatic heterocycles. The summed E-state index contributed by atoms with van der Waals surface area (Å²) in [6, 6.07) is 18.2. The number of nitrogens with zero attached hydrogens (tertiary/aromatic N) is 6. The van der Waals surface area contributed by atoms with E-state index in [-0.39, 0.29) is 18.1 Å². The zero-order valence-corrected chi connectivity index (χ0v) is 25.8. The Hall–Kier alpha value is -6.01. The van der Waals surface area contributed by atoms with Crippen LogP contribution in [0.3, 0.4) is 0 Å². The molecule has 12 heteroatoms. The van der Waals surface area contributed by atoms with Crippen LogP contribution in [0.1, 0.15) is 5.56 Å². The lowest BCUT2D eigenvalue weighted by molar-refractivity contribution is -0.115. The van der Waals surface area contributed by atoms with Crippen molar-refractivity contribution in [2.24, 2.45) is 0 Å². The van der Waals surface area contributed by atoms with E-state index in [0.29, 0.717) is 57.2 Å². The number of aromatic amines is 2. The maximum atomic E-state index is 14.7. The molecule has 47 heavy (non-hydrogen) atoms. The summed E-state index contributed by atoms with van der Waals surface area (Å²) in [5, 5.41) is 14.4. The fourth-order valence-electron chi connectivity index (χ4n) is 5.42. The van der Waals surface area contributed by atoms with Crippen molar-refractivity contribution in [1.82, 2.24) is 40.0 Å². The van der Waals surface area contributed by atoms with Crippen molar-refractivity contribution in [2.45, 2.75) is 6.42 Å². The van der Waals surface area contributed by atoms with Crippen molar-refractivity contribution in [3.63, 3.8) is 0 Å². The van der Waals surface area contributed by atoms with Gasteiger partial charge in [-0.1, -0.05) is 30.3 Å². The summed E-state index contributed by atoms with van der Waals surface area (Å²) in [4.78, 5) is 36.3. The van der Waals surface area contributed by atoms with Gasteiger partial charge in [-0.25, -0.2) is 14.4 Å². The van der Waals surface area contributed by atoms with E-state index in [1.54, 1.807) is 31.0 Å². The monoisotopic (exact) mass is 626 g/mol. The van der Waals surface area contributed by atoms with Gasteiger partial charge in [0.1, 0.15) is 11.5 Å². The van der Waals surface area contributed by atoms with Crippen molar-refractivity contribution in [3.05, 3.63) is 103 Å². The SMILES string of the molecule is CN(C)CCNc1cc(F)cc(-c2cncc3[nH]c(-c4[nH]nc5ncc(-c6cncc(NC(=O)Cc7ccccc7)c6)cc45)nc23)c1. The zero-order valence-electron chi connectivity index (χ0n) is 25.8. The van der Waals surface area contributed by atoms with Crippen molar-refractivity contribution >= 4 is 39.3 Å². The van der Waals surface area contributed by atoms with Crippen LogP contribution in [-0.4, -0.2) is 73.1 Å². The molecule has 0 spiro atoms. The Morgan fingerprint density at radius 3 is 2.55 bits per heavy atom. The number of nitrogens with one attached hydrogen (secondary N) is 4. The predicted octanol–water partition coefficient (Wildman–Crippen LogP) is 5.92. The number of benzene rings is 2. The maximum Gasteiger partial charge on any atom is 0.228 e. The highest BCUT2D eigenvalue weighted by atomic mass is 19.1. The Balaban J connectivity index is 1.18. The van der Waals surface area contributed by atoms with Gasteiger partial charge in [-0.15, -0.1) is 0 Å². The Bertz CT molecular complexity index is 2210. The average Bonchev–Trinajstić information content (AvgIpc) is 3.69. The van der Waals surface area contributed by atoms with E-state index in [1.807, 2.05) is 62.6 Å². The standard InChI is InChI=1S/C35H31FN10O/c1-46(2)9-8-39-26-12-22(11-25(36)15-26)29-19-38-20-30-32(29)43-35(42-30)33-28-14-24(17-40-34(28)45-44-33)23-13-27(18-37-16-23)41-31(47)10-21-6-4-3-5-7-21/h3-7,11-20,39H,8-10H2,1-2H3,(H,41,47)(H,42,43)(H,40,44,45). The summed E-state index contributed by atoms with van der Waals surface area (Å²) in [6.07, 6.45) is 8.69. The molecule has 0 unspecified atom stereocenters. The number of aromatic nitrogens is 7. The van der Waals surface area contributed by atoms with E-state index in [0.717, 1.165) is 28.6 Å². The quantitative estimate of drug-likeness (QED) is 0.147. The molecule has 0 aliphatic rings. The second-order valence-electron chi connectivity index (χ2n) is 11.5. The van der Waals surface area contributed by atoms with Gasteiger partial charge >= 0.3 is 0 Å². The first kappa shape index (κ1) is 29.7. The molecule has 7 aromatic rings. The highest BCUT2D eigenvalue weighted by Crippen LogP contribution is 2.33. The molecule has 0 saturated carbocycles. The van der Waals surface area contributed by atoms with Crippen LogP contribution in [0.25, 0.3) is 55.8 Å². The van der Waals surface area contributed by atoms with Gasteiger partial charge < -0.3 is 20.5 Å². The fraction of sp³-hybridized carbons (Fsp3) is 0.143. The number of hydrogen-bond acceptors (Lipinski definition) is 8. The molecule has 1 amide bonds. The van der Waals surface area contributed by atoms with Gasteiger partial charge in [-0.3, -0.25) is 19.9 Å². The first-order chi connectivity index (χ1) is 22.9. The molecule has 0 fully saturated rings. The second kappa shape index (κ2) is 12.8. The summed E-state index contributed by atoms with van der Waals surface area (Å²) >= 11 is 0. The Morgan fingerprint density at radius 2 is 1.70 bits per heavy atom. The van der Waals surface area contributed by atoms with E-state index >= 15 is 0 Å². The van der Waals surface area contributed by atoms with E-state index in [1.165, 1.54) is 12.1 Å². The lowest BCUT2D eigenvalue weighted by Gasteiger charge is -2.12. The van der Waals surface area contributed by atoms with Gasteiger partial charge in [0, 0.05) is 54.1 Å². The lowest BCUT2D eigenvalue weighted by atomic mass is 10.1. The predicted molar refractivity (Wildman–Crippen MR) is 181 cm³/mol. The van der Waals surface area contributed by atoms with Crippen molar-refractivity contribution in [1.29, 1.82) is 0 Å². The number of anilines is 2.